The maximum atomic E-state index is 13.3. The average molecular weight is 460 g/mol. The van der Waals surface area contributed by atoms with Crippen LogP contribution in [0.3, 0.4) is 0 Å². The van der Waals surface area contributed by atoms with Crippen molar-refractivity contribution in [3.8, 4) is 17.2 Å². The Bertz CT molecular complexity index is 1220. The van der Waals surface area contributed by atoms with Gasteiger partial charge in [0.2, 0.25) is 0 Å². The summed E-state index contributed by atoms with van der Waals surface area (Å²) in [6.07, 6.45) is -0.436. The molecule has 0 N–H and O–H groups in total. The van der Waals surface area contributed by atoms with Gasteiger partial charge in [0.25, 0.3) is 0 Å². The van der Waals surface area contributed by atoms with E-state index >= 15 is 0 Å². The van der Waals surface area contributed by atoms with Crippen LogP contribution in [0.15, 0.2) is 60.7 Å². The zero-order valence-corrected chi connectivity index (χ0v) is 19.1. The van der Waals surface area contributed by atoms with Crippen molar-refractivity contribution >= 4 is 17.7 Å². The Morgan fingerprint density at radius 1 is 0.853 bits per heavy atom. The highest BCUT2D eigenvalue weighted by atomic mass is 16.5. The quantitative estimate of drug-likeness (QED) is 0.220. The zero-order valence-electron chi connectivity index (χ0n) is 19.1. The van der Waals surface area contributed by atoms with E-state index in [4.69, 9.17) is 18.9 Å². The molecule has 4 rings (SSSR count). The number of carbonyl (C=O) groups excluding carboxylic acids is 3. The molecule has 0 saturated heterocycles. The average Bonchev–Trinajstić information content (AvgIpc) is 2.85. The highest BCUT2D eigenvalue weighted by molar-refractivity contribution is 6.08. The topological polar surface area (TPSA) is 88.1 Å². The summed E-state index contributed by atoms with van der Waals surface area (Å²) in [5.41, 5.74) is 2.49. The van der Waals surface area contributed by atoms with E-state index < -0.39 is 30.1 Å². The number of rotatable bonds is 7. The highest BCUT2D eigenvalue weighted by Gasteiger charge is 2.35. The number of carbonyl (C=O) groups is 3. The van der Waals surface area contributed by atoms with Crippen molar-refractivity contribution in [3.05, 3.63) is 88.5 Å². The molecule has 0 fully saturated rings. The van der Waals surface area contributed by atoms with Crippen LogP contribution in [0.1, 0.15) is 56.7 Å². The third kappa shape index (κ3) is 4.12. The van der Waals surface area contributed by atoms with Crippen molar-refractivity contribution in [2.45, 2.75) is 19.3 Å². The number of para-hydroxylation sites is 2. The summed E-state index contributed by atoms with van der Waals surface area (Å²) in [5.74, 6) is -0.705. The molecule has 7 heteroatoms. The second kappa shape index (κ2) is 9.79. The molecule has 0 aliphatic carbocycles. The minimum Gasteiger partial charge on any atom is -0.496 e. The first-order valence-corrected chi connectivity index (χ1v) is 10.8. The number of Topliss-reactive ketones (excluding diaryl/α,β-unsaturated/α-hetero) is 1. The van der Waals surface area contributed by atoms with Crippen molar-refractivity contribution in [2.24, 2.45) is 0 Å². The van der Waals surface area contributed by atoms with Gasteiger partial charge in [-0.05, 0) is 31.2 Å². The van der Waals surface area contributed by atoms with Crippen LogP contribution in [0.2, 0.25) is 0 Å². The summed E-state index contributed by atoms with van der Waals surface area (Å²) in [5, 5.41) is 0. The maximum Gasteiger partial charge on any atom is 0.341 e. The number of esters is 2. The van der Waals surface area contributed by atoms with Gasteiger partial charge < -0.3 is 18.9 Å². The highest BCUT2D eigenvalue weighted by Crippen LogP contribution is 2.50. The lowest BCUT2D eigenvalue weighted by Crippen LogP contribution is -2.20. The largest absolute Gasteiger partial charge is 0.496 e. The molecule has 0 atom stereocenters. The Morgan fingerprint density at radius 3 is 2.00 bits per heavy atom. The van der Waals surface area contributed by atoms with Crippen molar-refractivity contribution in [2.75, 3.05) is 20.8 Å². The molecule has 0 saturated carbocycles. The van der Waals surface area contributed by atoms with E-state index in [1.54, 1.807) is 6.92 Å². The van der Waals surface area contributed by atoms with Gasteiger partial charge in [0.05, 0.1) is 20.8 Å². The normalized spacial score (nSPS) is 12.1. The molecular formula is C27H24O7. The second-order valence-corrected chi connectivity index (χ2v) is 7.61. The van der Waals surface area contributed by atoms with Crippen molar-refractivity contribution in [1.82, 2.24) is 0 Å². The SMILES string of the molecule is CCOC(=O)CC(=O)c1ccc(C(=O)OC)c(OC)c1C1c2ccccc2Oc2ccccc21. The van der Waals surface area contributed by atoms with Gasteiger partial charge in [-0.25, -0.2) is 4.79 Å². The number of ketones is 1. The Morgan fingerprint density at radius 2 is 1.44 bits per heavy atom. The zero-order chi connectivity index (χ0) is 24.2. The fourth-order valence-electron chi connectivity index (χ4n) is 4.28. The van der Waals surface area contributed by atoms with Crippen molar-refractivity contribution in [3.63, 3.8) is 0 Å². The lowest BCUT2D eigenvalue weighted by atomic mass is 9.78. The molecule has 3 aromatic carbocycles. The number of hydrogen-bond donors (Lipinski definition) is 0. The summed E-state index contributed by atoms with van der Waals surface area (Å²) in [7, 11) is 2.71. The van der Waals surface area contributed by atoms with E-state index in [2.05, 4.69) is 0 Å². The first-order chi connectivity index (χ1) is 16.5. The molecule has 1 heterocycles. The third-order valence-corrected chi connectivity index (χ3v) is 5.68. The minimum absolute atomic E-state index is 0.171. The fraction of sp³-hybridized carbons (Fsp3) is 0.222. The van der Waals surface area contributed by atoms with Crippen LogP contribution >= 0.6 is 0 Å². The standard InChI is InChI=1S/C27H24O7/c1-4-33-23(29)15-20(28)16-13-14-19(27(30)32-3)26(31-2)25(16)24-17-9-5-7-11-21(17)34-22-12-8-6-10-18(22)24/h5-14,24H,4,15H2,1-3H3. The fourth-order valence-corrected chi connectivity index (χ4v) is 4.28. The summed E-state index contributed by atoms with van der Waals surface area (Å²) < 4.78 is 21.8. The Hall–Kier alpha value is -4.13. The number of benzene rings is 3. The minimum atomic E-state index is -0.623. The molecular weight excluding hydrogens is 436 g/mol. The number of methoxy groups -OCH3 is 2. The number of hydrogen-bond acceptors (Lipinski definition) is 7. The molecule has 7 nitrogen and oxygen atoms in total. The van der Waals surface area contributed by atoms with Gasteiger partial charge in [-0.1, -0.05) is 36.4 Å². The number of fused-ring (bicyclic) bond motifs is 2. The van der Waals surface area contributed by atoms with E-state index in [0.717, 1.165) is 11.1 Å². The molecule has 0 aromatic heterocycles. The van der Waals surface area contributed by atoms with Crippen LogP contribution in [0.4, 0.5) is 0 Å². The van der Waals surface area contributed by atoms with Gasteiger partial charge in [-0.3, -0.25) is 9.59 Å². The van der Waals surface area contributed by atoms with Gasteiger partial charge in [0, 0.05) is 28.2 Å². The molecule has 1 aliphatic rings. The molecule has 174 valence electrons. The first kappa shape index (κ1) is 23.0. The Balaban J connectivity index is 2.01. The van der Waals surface area contributed by atoms with Gasteiger partial charge in [0.15, 0.2) is 5.78 Å². The maximum absolute atomic E-state index is 13.3. The summed E-state index contributed by atoms with van der Waals surface area (Å²) in [4.78, 5) is 38.0. The smallest absolute Gasteiger partial charge is 0.341 e. The molecule has 3 aromatic rings. The van der Waals surface area contributed by atoms with Gasteiger partial charge in [-0.2, -0.15) is 0 Å². The Labute approximate surface area is 197 Å². The van der Waals surface area contributed by atoms with E-state index in [0.29, 0.717) is 17.1 Å². The van der Waals surface area contributed by atoms with Crippen LogP contribution in [-0.2, 0) is 14.3 Å². The summed E-state index contributed by atoms with van der Waals surface area (Å²) >= 11 is 0. The first-order valence-electron chi connectivity index (χ1n) is 10.8. The van der Waals surface area contributed by atoms with Crippen LogP contribution in [-0.4, -0.2) is 38.5 Å². The molecule has 0 amide bonds. The lowest BCUT2D eigenvalue weighted by molar-refractivity contribution is -0.141. The van der Waals surface area contributed by atoms with Crippen molar-refractivity contribution < 1.29 is 33.3 Å². The molecule has 0 bridgehead atoms. The Kier molecular flexibility index (Phi) is 6.63. The van der Waals surface area contributed by atoms with Crippen LogP contribution in [0.5, 0.6) is 17.2 Å². The van der Waals surface area contributed by atoms with Gasteiger partial charge in [0.1, 0.15) is 29.2 Å². The molecule has 1 aliphatic heterocycles. The monoisotopic (exact) mass is 460 g/mol. The van der Waals surface area contributed by atoms with E-state index in [1.807, 2.05) is 48.5 Å². The van der Waals surface area contributed by atoms with Gasteiger partial charge >= 0.3 is 11.9 Å². The third-order valence-electron chi connectivity index (χ3n) is 5.68. The van der Waals surface area contributed by atoms with Crippen LogP contribution in [0.25, 0.3) is 0 Å². The molecule has 34 heavy (non-hydrogen) atoms. The lowest BCUT2D eigenvalue weighted by Gasteiger charge is -2.31. The van der Waals surface area contributed by atoms with E-state index in [1.165, 1.54) is 26.4 Å². The molecule has 0 unspecified atom stereocenters. The van der Waals surface area contributed by atoms with Gasteiger partial charge in [-0.15, -0.1) is 0 Å². The summed E-state index contributed by atoms with van der Waals surface area (Å²) in [6, 6.07) is 18.0. The predicted octanol–water partition coefficient (Wildman–Crippen LogP) is 4.90. The van der Waals surface area contributed by atoms with Crippen LogP contribution in [0, 0.1) is 0 Å². The summed E-state index contributed by atoms with van der Waals surface area (Å²) in [6.45, 7) is 1.85. The van der Waals surface area contributed by atoms with E-state index in [-0.39, 0.29) is 23.5 Å². The van der Waals surface area contributed by atoms with Crippen molar-refractivity contribution in [1.29, 1.82) is 0 Å². The van der Waals surface area contributed by atoms with Crippen LogP contribution < -0.4 is 9.47 Å². The molecule has 0 spiro atoms. The second-order valence-electron chi connectivity index (χ2n) is 7.61. The number of ether oxygens (including phenoxy) is 4. The van der Waals surface area contributed by atoms with E-state index in [9.17, 15) is 14.4 Å². The molecule has 0 radical (unpaired) electrons. The predicted molar refractivity (Wildman–Crippen MR) is 124 cm³/mol.